The van der Waals surface area contributed by atoms with Crippen LogP contribution in [0, 0.1) is 0 Å². The van der Waals surface area contributed by atoms with E-state index < -0.39 is 0 Å². The molecule has 0 radical (unpaired) electrons. The van der Waals surface area contributed by atoms with E-state index in [2.05, 4.69) is 10.6 Å². The molecule has 132 valence electrons. The number of amides is 1. The molecule has 1 fully saturated rings. The van der Waals surface area contributed by atoms with Gasteiger partial charge in [-0.25, -0.2) is 0 Å². The quantitative estimate of drug-likeness (QED) is 0.811. The second kappa shape index (κ2) is 8.53. The Morgan fingerprint density at radius 3 is 2.56 bits per heavy atom. The van der Waals surface area contributed by atoms with Crippen molar-refractivity contribution in [3.63, 3.8) is 0 Å². The predicted octanol–water partition coefficient (Wildman–Crippen LogP) is 3.36. The van der Waals surface area contributed by atoms with Gasteiger partial charge in [0.2, 0.25) is 0 Å². The average molecular weight is 340 g/mol. The Hall–Kier alpha value is -2.53. The van der Waals surface area contributed by atoms with Crippen molar-refractivity contribution in [2.45, 2.75) is 25.8 Å². The molecule has 3 rings (SSSR count). The van der Waals surface area contributed by atoms with Crippen LogP contribution < -0.4 is 20.1 Å². The summed E-state index contributed by atoms with van der Waals surface area (Å²) in [4.78, 5) is 12.6. The number of carbonyl (C=O) groups is 1. The smallest absolute Gasteiger partial charge is 0.255 e. The van der Waals surface area contributed by atoms with Gasteiger partial charge < -0.3 is 20.1 Å². The van der Waals surface area contributed by atoms with Gasteiger partial charge in [0.05, 0.1) is 12.2 Å². The fourth-order valence-electron chi connectivity index (χ4n) is 2.91. The van der Waals surface area contributed by atoms with Gasteiger partial charge in [0.15, 0.2) is 11.5 Å². The maximum absolute atomic E-state index is 12.6. The van der Waals surface area contributed by atoms with Gasteiger partial charge in [0, 0.05) is 12.6 Å². The molecule has 2 aromatic rings. The van der Waals surface area contributed by atoms with E-state index in [0.717, 1.165) is 19.4 Å². The Morgan fingerprint density at radius 1 is 1.12 bits per heavy atom. The predicted molar refractivity (Wildman–Crippen MR) is 97.5 cm³/mol. The highest BCUT2D eigenvalue weighted by Gasteiger charge is 2.18. The molecule has 1 aliphatic heterocycles. The minimum absolute atomic E-state index is 0.127. The van der Waals surface area contributed by atoms with E-state index in [4.69, 9.17) is 9.47 Å². The molecule has 5 nitrogen and oxygen atoms in total. The van der Waals surface area contributed by atoms with Gasteiger partial charge in [0.1, 0.15) is 5.75 Å². The number of ether oxygens (including phenoxy) is 2. The van der Waals surface area contributed by atoms with Crippen molar-refractivity contribution in [2.24, 2.45) is 0 Å². The summed E-state index contributed by atoms with van der Waals surface area (Å²) in [5, 5.41) is 6.37. The van der Waals surface area contributed by atoms with Crippen LogP contribution in [0.3, 0.4) is 0 Å². The van der Waals surface area contributed by atoms with E-state index in [-0.39, 0.29) is 5.91 Å². The summed E-state index contributed by atoms with van der Waals surface area (Å²) in [6, 6.07) is 15.1. The Balaban J connectivity index is 1.73. The maximum atomic E-state index is 12.6. The zero-order chi connectivity index (χ0) is 17.5. The van der Waals surface area contributed by atoms with Crippen molar-refractivity contribution < 1.29 is 14.3 Å². The molecule has 0 saturated carbocycles. The van der Waals surface area contributed by atoms with Crippen molar-refractivity contribution in [2.75, 3.05) is 19.7 Å². The Labute approximate surface area is 148 Å². The van der Waals surface area contributed by atoms with E-state index in [1.54, 1.807) is 12.1 Å². The van der Waals surface area contributed by atoms with Crippen LogP contribution in [0.15, 0.2) is 48.5 Å². The fourth-order valence-corrected chi connectivity index (χ4v) is 2.91. The van der Waals surface area contributed by atoms with Crippen LogP contribution in [-0.2, 0) is 0 Å². The van der Waals surface area contributed by atoms with E-state index in [1.807, 2.05) is 43.3 Å². The van der Waals surface area contributed by atoms with Gasteiger partial charge in [-0.2, -0.15) is 0 Å². The number of nitrogens with one attached hydrogen (secondary N) is 2. The van der Waals surface area contributed by atoms with Crippen molar-refractivity contribution in [3.8, 4) is 17.2 Å². The molecule has 25 heavy (non-hydrogen) atoms. The van der Waals surface area contributed by atoms with E-state index in [1.165, 1.54) is 0 Å². The van der Waals surface area contributed by atoms with Gasteiger partial charge in [-0.05, 0) is 50.6 Å². The topological polar surface area (TPSA) is 59.6 Å². The van der Waals surface area contributed by atoms with Crippen molar-refractivity contribution in [1.29, 1.82) is 0 Å². The summed E-state index contributed by atoms with van der Waals surface area (Å²) in [6.45, 7) is 4.13. The van der Waals surface area contributed by atoms with Crippen LogP contribution in [0.5, 0.6) is 17.2 Å². The SMILES string of the molecule is CCOc1ccccc1Oc1ccccc1C(=O)NCC1CCCN1. The summed E-state index contributed by atoms with van der Waals surface area (Å²) in [7, 11) is 0. The van der Waals surface area contributed by atoms with Crippen LogP contribution in [0.2, 0.25) is 0 Å². The summed E-state index contributed by atoms with van der Waals surface area (Å²) < 4.78 is 11.6. The second-order valence-corrected chi connectivity index (χ2v) is 5.98. The van der Waals surface area contributed by atoms with Gasteiger partial charge >= 0.3 is 0 Å². The fraction of sp³-hybridized carbons (Fsp3) is 0.350. The van der Waals surface area contributed by atoms with E-state index in [9.17, 15) is 4.79 Å². The normalized spacial score (nSPS) is 16.4. The third-order valence-corrected chi connectivity index (χ3v) is 4.17. The van der Waals surface area contributed by atoms with E-state index in [0.29, 0.717) is 42.0 Å². The van der Waals surface area contributed by atoms with Crippen LogP contribution in [0.4, 0.5) is 0 Å². The minimum Gasteiger partial charge on any atom is -0.490 e. The maximum Gasteiger partial charge on any atom is 0.255 e. The molecule has 0 aromatic heterocycles. The highest BCUT2D eigenvalue weighted by molar-refractivity contribution is 5.97. The molecule has 1 amide bonds. The van der Waals surface area contributed by atoms with Gasteiger partial charge in [-0.1, -0.05) is 24.3 Å². The Kier molecular flexibility index (Phi) is 5.90. The van der Waals surface area contributed by atoms with Crippen molar-refractivity contribution in [3.05, 3.63) is 54.1 Å². The molecular formula is C20H24N2O3. The van der Waals surface area contributed by atoms with Crippen molar-refractivity contribution >= 4 is 5.91 Å². The molecule has 5 heteroatoms. The number of para-hydroxylation sites is 3. The zero-order valence-corrected chi connectivity index (χ0v) is 14.5. The molecule has 1 aliphatic rings. The number of hydrogen-bond donors (Lipinski definition) is 2. The second-order valence-electron chi connectivity index (χ2n) is 5.98. The van der Waals surface area contributed by atoms with Gasteiger partial charge in [0.25, 0.3) is 5.91 Å². The lowest BCUT2D eigenvalue weighted by atomic mass is 10.1. The summed E-state index contributed by atoms with van der Waals surface area (Å²) in [6.07, 6.45) is 2.26. The van der Waals surface area contributed by atoms with Crippen LogP contribution in [-0.4, -0.2) is 31.6 Å². The lowest BCUT2D eigenvalue weighted by molar-refractivity contribution is 0.0948. The van der Waals surface area contributed by atoms with Crippen molar-refractivity contribution in [1.82, 2.24) is 10.6 Å². The monoisotopic (exact) mass is 340 g/mol. The molecule has 0 spiro atoms. The first-order chi connectivity index (χ1) is 12.3. The first kappa shape index (κ1) is 17.3. The summed E-state index contributed by atoms with van der Waals surface area (Å²) in [5.41, 5.74) is 0.520. The average Bonchev–Trinajstić information content (AvgIpc) is 3.16. The molecule has 0 bridgehead atoms. The molecule has 1 atom stereocenters. The molecule has 2 aromatic carbocycles. The first-order valence-electron chi connectivity index (χ1n) is 8.78. The molecule has 1 saturated heterocycles. The number of hydrogen-bond acceptors (Lipinski definition) is 4. The standard InChI is InChI=1S/C20H24N2O3/c1-2-24-18-11-5-6-12-19(18)25-17-10-4-3-9-16(17)20(23)22-14-15-8-7-13-21-15/h3-6,9-12,15,21H,2,7-8,13-14H2,1H3,(H,22,23). The molecule has 0 aliphatic carbocycles. The highest BCUT2D eigenvalue weighted by atomic mass is 16.5. The zero-order valence-electron chi connectivity index (χ0n) is 14.5. The van der Waals surface area contributed by atoms with E-state index >= 15 is 0 Å². The third-order valence-electron chi connectivity index (χ3n) is 4.17. The van der Waals surface area contributed by atoms with Gasteiger partial charge in [-0.3, -0.25) is 4.79 Å². The molecule has 2 N–H and O–H groups in total. The lowest BCUT2D eigenvalue weighted by Crippen LogP contribution is -2.37. The minimum atomic E-state index is -0.127. The molecule has 1 unspecified atom stereocenters. The van der Waals surface area contributed by atoms with Crippen LogP contribution >= 0.6 is 0 Å². The Morgan fingerprint density at radius 2 is 1.84 bits per heavy atom. The number of carbonyl (C=O) groups excluding carboxylic acids is 1. The summed E-state index contributed by atoms with van der Waals surface area (Å²) >= 11 is 0. The third kappa shape index (κ3) is 4.51. The molecular weight excluding hydrogens is 316 g/mol. The van der Waals surface area contributed by atoms with Crippen LogP contribution in [0.1, 0.15) is 30.1 Å². The largest absolute Gasteiger partial charge is 0.490 e. The summed E-state index contributed by atoms with van der Waals surface area (Å²) in [5.74, 6) is 1.65. The lowest BCUT2D eigenvalue weighted by Gasteiger charge is -2.15. The highest BCUT2D eigenvalue weighted by Crippen LogP contribution is 2.32. The Bertz CT molecular complexity index is 712. The number of benzene rings is 2. The number of rotatable bonds is 7. The van der Waals surface area contributed by atoms with Crippen LogP contribution in [0.25, 0.3) is 0 Å². The first-order valence-corrected chi connectivity index (χ1v) is 8.78. The molecule has 1 heterocycles. The van der Waals surface area contributed by atoms with Gasteiger partial charge in [-0.15, -0.1) is 0 Å².